The van der Waals surface area contributed by atoms with Gasteiger partial charge >= 0.3 is 0 Å². The van der Waals surface area contributed by atoms with Crippen LogP contribution in [0.2, 0.25) is 5.02 Å². The zero-order chi connectivity index (χ0) is 21.5. The minimum Gasteiger partial charge on any atom is -0.316 e. The van der Waals surface area contributed by atoms with E-state index in [0.29, 0.717) is 16.1 Å². The summed E-state index contributed by atoms with van der Waals surface area (Å²) in [5.74, 6) is 0.295. The number of rotatable bonds is 4. The van der Waals surface area contributed by atoms with E-state index in [1.807, 2.05) is 47.4 Å². The van der Waals surface area contributed by atoms with Gasteiger partial charge in [-0.25, -0.2) is 8.42 Å². The van der Waals surface area contributed by atoms with Crippen LogP contribution in [-0.4, -0.2) is 42.3 Å². The van der Waals surface area contributed by atoms with Crippen molar-refractivity contribution in [2.45, 2.75) is 37.5 Å². The fourth-order valence-electron chi connectivity index (χ4n) is 3.84. The molecule has 1 amide bonds. The van der Waals surface area contributed by atoms with Gasteiger partial charge in [0.25, 0.3) is 5.91 Å². The fourth-order valence-corrected chi connectivity index (χ4v) is 7.97. The number of hydrogen-bond donors (Lipinski definition) is 0. The highest BCUT2D eigenvalue weighted by atomic mass is 35.5. The number of carbonyl (C=O) groups is 1. The first-order valence-electron chi connectivity index (χ1n) is 9.85. The van der Waals surface area contributed by atoms with E-state index in [9.17, 15) is 13.2 Å². The molecule has 0 aromatic heterocycles. The lowest BCUT2D eigenvalue weighted by Crippen LogP contribution is -2.37. The average molecular weight is 463 g/mol. The number of aliphatic imine (C=N–C) groups is 1. The van der Waals surface area contributed by atoms with Crippen LogP contribution in [0.5, 0.6) is 0 Å². The van der Waals surface area contributed by atoms with Crippen molar-refractivity contribution in [3.05, 3.63) is 64.7 Å². The molecule has 2 aliphatic rings. The van der Waals surface area contributed by atoms with Crippen molar-refractivity contribution < 1.29 is 13.2 Å². The fraction of sp³-hybridized carbons (Fsp3) is 0.364. The van der Waals surface area contributed by atoms with Gasteiger partial charge in [0.15, 0.2) is 15.0 Å². The molecule has 2 atom stereocenters. The Morgan fingerprint density at radius 3 is 2.53 bits per heavy atom. The molecule has 8 heteroatoms. The summed E-state index contributed by atoms with van der Waals surface area (Å²) in [4.78, 5) is 19.0. The van der Waals surface area contributed by atoms with Gasteiger partial charge in [-0.2, -0.15) is 4.99 Å². The molecule has 2 aromatic carbocycles. The number of halogens is 1. The van der Waals surface area contributed by atoms with Gasteiger partial charge in [-0.3, -0.25) is 4.79 Å². The Morgan fingerprint density at radius 2 is 1.87 bits per heavy atom. The molecule has 0 N–H and O–H groups in total. The number of amidine groups is 1. The number of sulfone groups is 1. The van der Waals surface area contributed by atoms with Crippen LogP contribution in [0.1, 0.15) is 30.9 Å². The Labute approximate surface area is 186 Å². The Hall–Kier alpha value is -1.83. The molecule has 0 saturated carbocycles. The third-order valence-electron chi connectivity index (χ3n) is 5.42. The second-order valence-electron chi connectivity index (χ2n) is 7.97. The number of benzene rings is 2. The van der Waals surface area contributed by atoms with Gasteiger partial charge in [0.1, 0.15) is 0 Å². The highest BCUT2D eigenvalue weighted by molar-refractivity contribution is 8.16. The van der Waals surface area contributed by atoms with Crippen LogP contribution in [0.3, 0.4) is 0 Å². The molecule has 2 aliphatic heterocycles. The maximum atomic E-state index is 12.7. The Kier molecular flexibility index (Phi) is 5.97. The molecule has 2 fully saturated rings. The molecule has 158 valence electrons. The molecular formula is C22H23ClN2O3S2. The largest absolute Gasteiger partial charge is 0.316 e. The summed E-state index contributed by atoms with van der Waals surface area (Å²) in [6.45, 7) is 4.25. The highest BCUT2D eigenvalue weighted by Crippen LogP contribution is 2.41. The molecule has 0 bridgehead atoms. The van der Waals surface area contributed by atoms with E-state index in [-0.39, 0.29) is 35.1 Å². The molecule has 4 rings (SSSR count). The number of carbonyl (C=O) groups excluding carboxylic acids is 1. The van der Waals surface area contributed by atoms with Gasteiger partial charge in [-0.1, -0.05) is 67.5 Å². The topological polar surface area (TPSA) is 66.8 Å². The van der Waals surface area contributed by atoms with E-state index in [1.165, 1.54) is 17.3 Å². The van der Waals surface area contributed by atoms with Crippen LogP contribution in [0.15, 0.2) is 53.5 Å². The molecule has 2 heterocycles. The van der Waals surface area contributed by atoms with Crippen LogP contribution in [0, 0.1) is 0 Å². The maximum absolute atomic E-state index is 12.7. The van der Waals surface area contributed by atoms with Crippen LogP contribution in [0.4, 0.5) is 5.69 Å². The third kappa shape index (κ3) is 4.43. The number of anilines is 1. The van der Waals surface area contributed by atoms with Crippen LogP contribution in [-0.2, 0) is 21.1 Å². The maximum Gasteiger partial charge on any atom is 0.252 e. The third-order valence-corrected chi connectivity index (χ3v) is 9.00. The van der Waals surface area contributed by atoms with Crippen molar-refractivity contribution >= 4 is 50.0 Å². The molecule has 2 saturated heterocycles. The second kappa shape index (κ2) is 8.36. The van der Waals surface area contributed by atoms with Crippen molar-refractivity contribution in [1.82, 2.24) is 0 Å². The SMILES string of the molecule is CC(C)c1ccc(N2C(=NC(=O)Cc3ccccc3Cl)S[C@@H]3CS(=O)(=O)C[C@@H]32)cc1. The predicted molar refractivity (Wildman–Crippen MR) is 124 cm³/mol. The van der Waals surface area contributed by atoms with Gasteiger partial charge in [-0.05, 0) is 35.2 Å². The Balaban J connectivity index is 1.64. The summed E-state index contributed by atoms with van der Waals surface area (Å²) in [7, 11) is -3.09. The Morgan fingerprint density at radius 1 is 1.17 bits per heavy atom. The number of nitrogens with zero attached hydrogens (tertiary/aromatic N) is 2. The van der Waals surface area contributed by atoms with Gasteiger partial charge in [0.2, 0.25) is 0 Å². The quantitative estimate of drug-likeness (QED) is 0.677. The molecule has 0 radical (unpaired) electrons. The van der Waals surface area contributed by atoms with Crippen molar-refractivity contribution in [3.8, 4) is 0 Å². The van der Waals surface area contributed by atoms with E-state index < -0.39 is 9.84 Å². The Bertz CT molecular complexity index is 1100. The lowest BCUT2D eigenvalue weighted by molar-refractivity contribution is -0.117. The van der Waals surface area contributed by atoms with Gasteiger partial charge in [0, 0.05) is 16.0 Å². The molecule has 5 nitrogen and oxygen atoms in total. The molecule has 30 heavy (non-hydrogen) atoms. The minimum atomic E-state index is -3.09. The molecule has 0 spiro atoms. The van der Waals surface area contributed by atoms with E-state index in [2.05, 4.69) is 18.8 Å². The molecule has 0 unspecified atom stereocenters. The van der Waals surface area contributed by atoms with Gasteiger partial charge in [-0.15, -0.1) is 0 Å². The lowest BCUT2D eigenvalue weighted by Gasteiger charge is -2.25. The second-order valence-corrected chi connectivity index (χ2v) is 11.7. The number of amides is 1. The van der Waals surface area contributed by atoms with Crippen molar-refractivity contribution in [3.63, 3.8) is 0 Å². The van der Waals surface area contributed by atoms with E-state index in [4.69, 9.17) is 11.6 Å². The zero-order valence-electron chi connectivity index (χ0n) is 16.8. The van der Waals surface area contributed by atoms with Crippen LogP contribution < -0.4 is 4.90 Å². The summed E-state index contributed by atoms with van der Waals surface area (Å²) >= 11 is 7.56. The van der Waals surface area contributed by atoms with Crippen molar-refractivity contribution in [2.24, 2.45) is 4.99 Å². The predicted octanol–water partition coefficient (Wildman–Crippen LogP) is 4.31. The highest BCUT2D eigenvalue weighted by Gasteiger charge is 2.49. The van der Waals surface area contributed by atoms with E-state index in [1.54, 1.807) is 6.07 Å². The monoisotopic (exact) mass is 462 g/mol. The number of fused-ring (bicyclic) bond motifs is 1. The van der Waals surface area contributed by atoms with E-state index in [0.717, 1.165) is 11.3 Å². The smallest absolute Gasteiger partial charge is 0.252 e. The van der Waals surface area contributed by atoms with Crippen molar-refractivity contribution in [2.75, 3.05) is 16.4 Å². The van der Waals surface area contributed by atoms with Crippen LogP contribution in [0.25, 0.3) is 0 Å². The average Bonchev–Trinajstić information content (AvgIpc) is 3.14. The zero-order valence-corrected chi connectivity index (χ0v) is 19.2. The first-order chi connectivity index (χ1) is 14.2. The normalized spacial score (nSPS) is 23.9. The van der Waals surface area contributed by atoms with Gasteiger partial charge in [0.05, 0.1) is 24.0 Å². The summed E-state index contributed by atoms with van der Waals surface area (Å²) in [5.41, 5.74) is 2.79. The first-order valence-corrected chi connectivity index (χ1v) is 12.9. The number of thioether (sulfide) groups is 1. The summed E-state index contributed by atoms with van der Waals surface area (Å²) in [5, 5.41) is 0.982. The molecular weight excluding hydrogens is 440 g/mol. The number of hydrogen-bond acceptors (Lipinski definition) is 4. The molecule has 0 aliphatic carbocycles. The van der Waals surface area contributed by atoms with Crippen molar-refractivity contribution in [1.29, 1.82) is 0 Å². The van der Waals surface area contributed by atoms with E-state index >= 15 is 0 Å². The summed E-state index contributed by atoms with van der Waals surface area (Å²) in [6.07, 6.45) is 0.109. The standard InChI is InChI=1S/C22H23ClN2O3S2/c1-14(2)15-7-9-17(10-8-15)25-19-12-30(27,28)13-20(19)29-22(25)24-21(26)11-16-5-3-4-6-18(16)23/h3-10,14,19-20H,11-13H2,1-2H3/t19-,20+/m0/s1. The van der Waals surface area contributed by atoms with Crippen LogP contribution >= 0.6 is 23.4 Å². The summed E-state index contributed by atoms with van der Waals surface area (Å²) < 4.78 is 24.4. The molecule has 2 aromatic rings. The van der Waals surface area contributed by atoms with Gasteiger partial charge < -0.3 is 4.90 Å². The first kappa shape index (κ1) is 21.4. The minimum absolute atomic E-state index is 0.0777. The summed E-state index contributed by atoms with van der Waals surface area (Å²) in [6, 6.07) is 15.1. The lowest BCUT2D eigenvalue weighted by atomic mass is 10.0.